The Labute approximate surface area is 358 Å². The normalized spacial score (nSPS) is 12.2. The molecule has 0 spiro atoms. The second kappa shape index (κ2) is 19.4. The van der Waals surface area contributed by atoms with Crippen LogP contribution in [0.25, 0.3) is 11.0 Å². The maximum Gasteiger partial charge on any atom is 1.00 e. The van der Waals surface area contributed by atoms with Gasteiger partial charge in [0.05, 0.1) is 63.8 Å². The molecule has 1 aliphatic heterocycles. The number of epoxide rings is 1. The van der Waals surface area contributed by atoms with Crippen molar-refractivity contribution in [3.8, 4) is 23.6 Å². The molecule has 17 heteroatoms. The van der Waals surface area contributed by atoms with Crippen molar-refractivity contribution in [1.29, 1.82) is 10.5 Å². The van der Waals surface area contributed by atoms with Crippen molar-refractivity contribution in [3.63, 3.8) is 0 Å². The SMILES string of the molecule is CC1(C)CO1.Cc1c(O)cc(Br)c2c(C#N)cnn12.Cc1c(OCC(C)(C)O)cc(Br)c2c(C#N)cnn12.O=CO[O-].[H-].[K+].[K+]. The summed E-state index contributed by atoms with van der Waals surface area (Å²) >= 11 is 6.70. The minimum Gasteiger partial charge on any atom is -1.00 e. The molecule has 226 valence electrons. The van der Waals surface area contributed by atoms with E-state index in [0.717, 1.165) is 22.3 Å². The van der Waals surface area contributed by atoms with E-state index in [9.17, 15) is 10.2 Å². The zero-order valence-corrected chi connectivity index (χ0v) is 35.1. The van der Waals surface area contributed by atoms with Gasteiger partial charge in [-0.15, -0.1) is 0 Å². The van der Waals surface area contributed by atoms with Gasteiger partial charge in [0.1, 0.15) is 30.2 Å². The van der Waals surface area contributed by atoms with Crippen LogP contribution in [-0.4, -0.2) is 60.3 Å². The number of hydrogen-bond acceptors (Lipinski definition) is 11. The van der Waals surface area contributed by atoms with E-state index in [1.165, 1.54) is 16.9 Å². The molecule has 44 heavy (non-hydrogen) atoms. The summed E-state index contributed by atoms with van der Waals surface area (Å²) in [5.41, 5.74) is 3.13. The van der Waals surface area contributed by atoms with Gasteiger partial charge >= 0.3 is 103 Å². The average Bonchev–Trinajstić information content (AvgIpc) is 3.32. The zero-order chi connectivity index (χ0) is 31.8. The number of aromatic nitrogens is 4. The number of rotatable bonds is 4. The molecule has 5 rings (SSSR count). The fraction of sp³-hybridized carbons (Fsp3) is 0.370. The first kappa shape index (κ1) is 43.5. The van der Waals surface area contributed by atoms with Crippen molar-refractivity contribution in [1.82, 2.24) is 19.2 Å². The molecule has 4 aromatic heterocycles. The van der Waals surface area contributed by atoms with Crippen LogP contribution < -0.4 is 113 Å². The van der Waals surface area contributed by atoms with Crippen LogP contribution in [0.3, 0.4) is 0 Å². The summed E-state index contributed by atoms with van der Waals surface area (Å²) in [7, 11) is 0. The summed E-state index contributed by atoms with van der Waals surface area (Å²) in [5, 5.41) is 53.7. The third-order valence-electron chi connectivity index (χ3n) is 5.46. The Hall–Kier alpha value is -0.457. The Bertz CT molecular complexity index is 1660. The molecular weight excluding hydrogens is 758 g/mol. The van der Waals surface area contributed by atoms with Crippen LogP contribution in [0.1, 0.15) is 51.6 Å². The molecule has 13 nitrogen and oxygen atoms in total. The molecule has 1 saturated heterocycles. The molecule has 0 radical (unpaired) electrons. The number of fused-ring (bicyclic) bond motifs is 2. The van der Waals surface area contributed by atoms with E-state index in [2.05, 4.69) is 66.9 Å². The van der Waals surface area contributed by atoms with Gasteiger partial charge in [-0.05, 0) is 85.5 Å². The van der Waals surface area contributed by atoms with Crippen molar-refractivity contribution < 1.29 is 139 Å². The summed E-state index contributed by atoms with van der Waals surface area (Å²) in [5.74, 6) is 0.769. The molecule has 4 aromatic rings. The molecule has 1 aliphatic rings. The molecule has 0 aromatic carbocycles. The van der Waals surface area contributed by atoms with Gasteiger partial charge in [-0.1, -0.05) is 0 Å². The number of hydrogen-bond donors (Lipinski definition) is 2. The van der Waals surface area contributed by atoms with Gasteiger partial charge in [-0.2, -0.15) is 20.7 Å². The molecule has 0 aliphatic carbocycles. The largest absolute Gasteiger partial charge is 1.00 e. The van der Waals surface area contributed by atoms with Gasteiger partial charge in [0, 0.05) is 8.95 Å². The molecule has 0 bridgehead atoms. The zero-order valence-electron chi connectivity index (χ0n) is 26.7. The van der Waals surface area contributed by atoms with Crippen LogP contribution in [0, 0.1) is 36.5 Å². The molecule has 1 fully saturated rings. The van der Waals surface area contributed by atoms with Crippen LogP contribution in [0.4, 0.5) is 0 Å². The number of ether oxygens (including phenoxy) is 2. The van der Waals surface area contributed by atoms with E-state index in [4.69, 9.17) is 30.0 Å². The van der Waals surface area contributed by atoms with Crippen LogP contribution in [0.5, 0.6) is 11.5 Å². The molecule has 0 unspecified atom stereocenters. The van der Waals surface area contributed by atoms with Crippen LogP contribution >= 0.6 is 31.9 Å². The average molecular weight is 789 g/mol. The minimum atomic E-state index is -0.907. The fourth-order valence-corrected chi connectivity index (χ4v) is 4.36. The third kappa shape index (κ3) is 12.6. The number of halogens is 2. The molecule has 0 saturated carbocycles. The van der Waals surface area contributed by atoms with E-state index < -0.39 is 5.60 Å². The maximum absolute atomic E-state index is 9.69. The monoisotopic (exact) mass is 786 g/mol. The number of nitrogens with zero attached hydrogens (tertiary/aromatic N) is 6. The molecule has 5 heterocycles. The van der Waals surface area contributed by atoms with E-state index in [0.29, 0.717) is 32.6 Å². The summed E-state index contributed by atoms with van der Waals surface area (Å²) in [4.78, 5) is 11.2. The molecule has 0 amide bonds. The quantitative estimate of drug-likeness (QED) is 0.0747. The van der Waals surface area contributed by atoms with Crippen LogP contribution in [0.2, 0.25) is 0 Å². The topological polar surface area (TPSA) is 194 Å². The summed E-state index contributed by atoms with van der Waals surface area (Å²) in [6.45, 7) is 12.1. The Morgan fingerprint density at radius 1 is 1.09 bits per heavy atom. The molecular formula is C27H30Br2K2N6O7. The number of aryl methyl sites for hydroxylation is 2. The Morgan fingerprint density at radius 3 is 1.86 bits per heavy atom. The van der Waals surface area contributed by atoms with Crippen molar-refractivity contribution in [2.45, 2.75) is 52.7 Å². The van der Waals surface area contributed by atoms with Crippen LogP contribution in [0.15, 0.2) is 33.5 Å². The second-order valence-electron chi connectivity index (χ2n) is 10.1. The van der Waals surface area contributed by atoms with E-state index in [1.54, 1.807) is 37.4 Å². The van der Waals surface area contributed by atoms with Gasteiger partial charge in [0.25, 0.3) is 6.47 Å². The molecule has 2 N–H and O–H groups in total. The number of carbonyl (C=O) groups is 1. The van der Waals surface area contributed by atoms with Crippen molar-refractivity contribution in [3.05, 3.63) is 56.0 Å². The van der Waals surface area contributed by atoms with Gasteiger partial charge < -0.3 is 31.3 Å². The Balaban J connectivity index is 0. The Morgan fingerprint density at radius 2 is 1.50 bits per heavy atom. The van der Waals surface area contributed by atoms with E-state index >= 15 is 0 Å². The van der Waals surface area contributed by atoms with Crippen molar-refractivity contribution in [2.24, 2.45) is 0 Å². The van der Waals surface area contributed by atoms with Gasteiger partial charge in [-0.3, -0.25) is 4.79 Å². The first-order valence-corrected chi connectivity index (χ1v) is 13.7. The van der Waals surface area contributed by atoms with Crippen molar-refractivity contribution in [2.75, 3.05) is 13.2 Å². The number of pyridine rings is 2. The van der Waals surface area contributed by atoms with E-state index in [1.807, 2.05) is 13.0 Å². The smallest absolute Gasteiger partial charge is 1.00 e. The number of aromatic hydroxyl groups is 1. The van der Waals surface area contributed by atoms with Crippen molar-refractivity contribution >= 4 is 49.4 Å². The second-order valence-corrected chi connectivity index (χ2v) is 11.8. The van der Waals surface area contributed by atoms with E-state index in [-0.39, 0.29) is 129 Å². The summed E-state index contributed by atoms with van der Waals surface area (Å²) in [6, 6.07) is 7.50. The first-order valence-electron chi connectivity index (χ1n) is 12.1. The fourth-order valence-electron chi connectivity index (χ4n) is 3.17. The number of aliphatic hydroxyl groups is 1. The standard InChI is InChI=1S/C13H14BrN3O2.C9H6BrN3O.C4H8O.CH2O3.2K.H/c1-8-11(19-7-13(2,3)18)4-10(14)12-9(5-15)6-16-17(8)12;1-5-8(14)2-7(10)9-6(3-11)4-12-13(5)9;1-4(2)3-5-4;2-1-4-3;;;/h4,6,18H,7H2,1-3H3;2,4,14H,1H3;3H2,1-2H3;1,3H;;;/q;;;;2*+1;-1/p-1. The number of carbonyl (C=O) groups excluding carboxylic acids is 1. The number of nitriles is 2. The predicted octanol–water partition coefficient (Wildman–Crippen LogP) is -2.24. The van der Waals surface area contributed by atoms with Gasteiger partial charge in [0.15, 0.2) is 0 Å². The van der Waals surface area contributed by atoms with Gasteiger partial charge in [0.2, 0.25) is 0 Å². The predicted molar refractivity (Wildman–Crippen MR) is 156 cm³/mol. The summed E-state index contributed by atoms with van der Waals surface area (Å²) < 4.78 is 15.1. The van der Waals surface area contributed by atoms with Gasteiger partial charge in [-0.25, -0.2) is 9.03 Å². The summed E-state index contributed by atoms with van der Waals surface area (Å²) in [6.07, 6.45) is 3.00. The van der Waals surface area contributed by atoms with Crippen LogP contribution in [-0.2, 0) is 14.4 Å². The first-order chi connectivity index (χ1) is 19.6. The molecule has 0 atom stereocenters. The maximum atomic E-state index is 9.69. The third-order valence-corrected chi connectivity index (χ3v) is 6.67. The Kier molecular flexibility index (Phi) is 19.2. The minimum absolute atomic E-state index is 0.